The molecule has 144 valence electrons. The molecular weight excluding hydrogens is 330 g/mol. The quantitative estimate of drug-likeness (QED) is 0.780. The first kappa shape index (κ1) is 18.7. The molecule has 2 fully saturated rings. The van der Waals surface area contributed by atoms with Crippen molar-refractivity contribution in [3.63, 3.8) is 0 Å². The van der Waals surface area contributed by atoms with Gasteiger partial charge >= 0.3 is 6.09 Å². The molecule has 1 aliphatic carbocycles. The molecule has 1 aliphatic heterocycles. The van der Waals surface area contributed by atoms with Crippen LogP contribution in [0.2, 0.25) is 0 Å². The van der Waals surface area contributed by atoms with Crippen molar-refractivity contribution in [1.29, 1.82) is 0 Å². The van der Waals surface area contributed by atoms with Crippen molar-refractivity contribution < 1.29 is 9.53 Å². The monoisotopic (exact) mass is 361 g/mol. The molecule has 0 spiro atoms. The maximum Gasteiger partial charge on any atom is 0.409 e. The van der Waals surface area contributed by atoms with Crippen LogP contribution >= 0.6 is 0 Å². The zero-order valence-electron chi connectivity index (χ0n) is 15.7. The van der Waals surface area contributed by atoms with Gasteiger partial charge in [0.15, 0.2) is 0 Å². The highest BCUT2D eigenvalue weighted by Crippen LogP contribution is 2.21. The van der Waals surface area contributed by atoms with Gasteiger partial charge in [-0.3, -0.25) is 0 Å². The van der Waals surface area contributed by atoms with Gasteiger partial charge in [0.2, 0.25) is 5.95 Å². The van der Waals surface area contributed by atoms with Crippen LogP contribution in [0.5, 0.6) is 0 Å². The number of hydrogen-bond acceptors (Lipinski definition) is 6. The van der Waals surface area contributed by atoms with E-state index in [1.54, 1.807) is 4.90 Å². The zero-order valence-corrected chi connectivity index (χ0v) is 15.7. The van der Waals surface area contributed by atoms with Crippen LogP contribution in [0.4, 0.5) is 16.6 Å². The molecule has 2 N–H and O–H groups in total. The van der Waals surface area contributed by atoms with E-state index < -0.39 is 0 Å². The van der Waals surface area contributed by atoms with E-state index in [1.165, 1.54) is 38.5 Å². The molecule has 7 nitrogen and oxygen atoms in total. The van der Waals surface area contributed by atoms with Crippen molar-refractivity contribution in [1.82, 2.24) is 14.9 Å². The molecule has 3 rings (SSSR count). The molecule has 1 saturated heterocycles. The van der Waals surface area contributed by atoms with Gasteiger partial charge in [-0.05, 0) is 38.7 Å². The molecule has 0 radical (unpaired) electrons. The van der Waals surface area contributed by atoms with E-state index in [-0.39, 0.29) is 12.1 Å². The average Bonchev–Trinajstić information content (AvgIpc) is 2.91. The van der Waals surface area contributed by atoms with E-state index in [9.17, 15) is 4.79 Å². The van der Waals surface area contributed by atoms with Crippen LogP contribution in [0.25, 0.3) is 0 Å². The minimum absolute atomic E-state index is 0.211. The zero-order chi connectivity index (χ0) is 18.2. The minimum Gasteiger partial charge on any atom is -0.450 e. The summed E-state index contributed by atoms with van der Waals surface area (Å²) in [6, 6.07) is 2.75. The highest BCUT2D eigenvalue weighted by atomic mass is 16.6. The van der Waals surface area contributed by atoms with E-state index in [4.69, 9.17) is 4.74 Å². The fraction of sp³-hybridized carbons (Fsp3) is 0.737. The molecule has 2 aliphatic rings. The van der Waals surface area contributed by atoms with Gasteiger partial charge in [0.05, 0.1) is 6.61 Å². The number of hydrogen-bond donors (Lipinski definition) is 2. The molecule has 0 atom stereocenters. The largest absolute Gasteiger partial charge is 0.450 e. The SMILES string of the molecule is CCOC(=O)N1CCC(Nc2nccc(NC3CCCCCC3)n2)CC1. The predicted molar refractivity (Wildman–Crippen MR) is 102 cm³/mol. The molecule has 0 aromatic carbocycles. The third-order valence-electron chi connectivity index (χ3n) is 5.22. The topological polar surface area (TPSA) is 79.4 Å². The first-order chi connectivity index (χ1) is 12.7. The molecule has 2 heterocycles. The van der Waals surface area contributed by atoms with Crippen molar-refractivity contribution in [3.8, 4) is 0 Å². The second-order valence-corrected chi connectivity index (χ2v) is 7.20. The fourth-order valence-electron chi connectivity index (χ4n) is 3.75. The number of piperidine rings is 1. The molecule has 1 aromatic rings. The first-order valence-corrected chi connectivity index (χ1v) is 10.0. The lowest BCUT2D eigenvalue weighted by molar-refractivity contribution is 0.0983. The predicted octanol–water partition coefficient (Wildman–Crippen LogP) is 3.64. The molecule has 7 heteroatoms. The Kier molecular flexibility index (Phi) is 6.91. The molecule has 1 saturated carbocycles. The molecule has 1 amide bonds. The summed E-state index contributed by atoms with van der Waals surface area (Å²) >= 11 is 0. The number of rotatable bonds is 5. The van der Waals surface area contributed by atoms with Crippen molar-refractivity contribution in [2.75, 3.05) is 30.3 Å². The first-order valence-electron chi connectivity index (χ1n) is 10.0. The van der Waals surface area contributed by atoms with Gasteiger partial charge in [-0.15, -0.1) is 0 Å². The third-order valence-corrected chi connectivity index (χ3v) is 5.22. The van der Waals surface area contributed by atoms with Crippen LogP contribution < -0.4 is 10.6 Å². The van der Waals surface area contributed by atoms with Gasteiger partial charge < -0.3 is 20.3 Å². The number of nitrogens with one attached hydrogen (secondary N) is 2. The van der Waals surface area contributed by atoms with Gasteiger partial charge in [-0.2, -0.15) is 4.98 Å². The van der Waals surface area contributed by atoms with Crippen LogP contribution in [0.15, 0.2) is 12.3 Å². The Hall–Kier alpha value is -2.05. The molecule has 1 aromatic heterocycles. The summed E-state index contributed by atoms with van der Waals surface area (Å²) in [5, 5.41) is 7.00. The highest BCUT2D eigenvalue weighted by molar-refractivity contribution is 5.67. The second-order valence-electron chi connectivity index (χ2n) is 7.20. The maximum atomic E-state index is 11.8. The van der Waals surface area contributed by atoms with Gasteiger partial charge in [0.25, 0.3) is 0 Å². The lowest BCUT2D eigenvalue weighted by atomic mass is 10.1. The van der Waals surface area contributed by atoms with Crippen molar-refractivity contribution in [2.45, 2.75) is 70.4 Å². The summed E-state index contributed by atoms with van der Waals surface area (Å²) in [5.74, 6) is 1.57. The Morgan fingerprint density at radius 2 is 1.81 bits per heavy atom. The van der Waals surface area contributed by atoms with Gasteiger partial charge in [0, 0.05) is 31.4 Å². The van der Waals surface area contributed by atoms with Crippen LogP contribution in [0.1, 0.15) is 58.3 Å². The number of amides is 1. The van der Waals surface area contributed by atoms with Crippen LogP contribution in [-0.2, 0) is 4.74 Å². The Morgan fingerprint density at radius 1 is 1.12 bits per heavy atom. The number of nitrogens with zero attached hydrogens (tertiary/aromatic N) is 3. The van der Waals surface area contributed by atoms with Gasteiger partial charge in [0.1, 0.15) is 5.82 Å². The van der Waals surface area contributed by atoms with E-state index in [0.717, 1.165) is 18.7 Å². The third kappa shape index (κ3) is 5.47. The Bertz CT molecular complexity index is 567. The van der Waals surface area contributed by atoms with Gasteiger partial charge in [-0.1, -0.05) is 25.7 Å². The van der Waals surface area contributed by atoms with E-state index >= 15 is 0 Å². The smallest absolute Gasteiger partial charge is 0.409 e. The highest BCUT2D eigenvalue weighted by Gasteiger charge is 2.24. The van der Waals surface area contributed by atoms with Crippen LogP contribution in [-0.4, -0.2) is 52.7 Å². The van der Waals surface area contributed by atoms with E-state index in [0.29, 0.717) is 31.7 Å². The average molecular weight is 361 g/mol. The lowest BCUT2D eigenvalue weighted by Crippen LogP contribution is -2.42. The summed E-state index contributed by atoms with van der Waals surface area (Å²) in [6.07, 6.45) is 11.1. The van der Waals surface area contributed by atoms with Crippen molar-refractivity contribution >= 4 is 17.9 Å². The summed E-state index contributed by atoms with van der Waals surface area (Å²) in [6.45, 7) is 3.66. The molecule has 0 bridgehead atoms. The van der Waals surface area contributed by atoms with Crippen molar-refractivity contribution in [2.24, 2.45) is 0 Å². The van der Waals surface area contributed by atoms with E-state index in [1.807, 2.05) is 19.2 Å². The standard InChI is InChI=1S/C19H31N5O2/c1-2-26-19(25)24-13-10-16(11-14-24)22-18-20-12-9-17(23-18)21-15-7-5-3-4-6-8-15/h9,12,15-16H,2-8,10-11,13-14H2,1H3,(H2,20,21,22,23). The van der Waals surface area contributed by atoms with Crippen molar-refractivity contribution in [3.05, 3.63) is 12.3 Å². The summed E-state index contributed by atoms with van der Waals surface area (Å²) in [7, 11) is 0. The number of aromatic nitrogens is 2. The lowest BCUT2D eigenvalue weighted by Gasteiger charge is -2.31. The number of anilines is 2. The normalized spacial score (nSPS) is 19.7. The number of ether oxygens (including phenoxy) is 1. The maximum absolute atomic E-state index is 11.8. The number of carbonyl (C=O) groups is 1. The van der Waals surface area contributed by atoms with Crippen LogP contribution in [0.3, 0.4) is 0 Å². The summed E-state index contributed by atoms with van der Waals surface area (Å²) in [5.41, 5.74) is 0. The number of likely N-dealkylation sites (tertiary alicyclic amines) is 1. The Labute approximate surface area is 155 Å². The summed E-state index contributed by atoms with van der Waals surface area (Å²) < 4.78 is 5.07. The Balaban J connectivity index is 1.49. The summed E-state index contributed by atoms with van der Waals surface area (Å²) in [4.78, 5) is 22.5. The van der Waals surface area contributed by atoms with Gasteiger partial charge in [-0.25, -0.2) is 9.78 Å². The molecule has 26 heavy (non-hydrogen) atoms. The Morgan fingerprint density at radius 3 is 2.50 bits per heavy atom. The molecular formula is C19H31N5O2. The number of carbonyl (C=O) groups excluding carboxylic acids is 1. The van der Waals surface area contributed by atoms with E-state index in [2.05, 4.69) is 20.6 Å². The molecule has 0 unspecified atom stereocenters. The second kappa shape index (κ2) is 9.59. The fourth-order valence-corrected chi connectivity index (χ4v) is 3.75. The van der Waals surface area contributed by atoms with Crippen LogP contribution in [0, 0.1) is 0 Å². The minimum atomic E-state index is -0.211.